The third-order valence-electron chi connectivity index (χ3n) is 4.45. The zero-order chi connectivity index (χ0) is 13.4. The number of likely N-dealkylation sites (N-methyl/N-ethyl adjacent to an activating group) is 1. The van der Waals surface area contributed by atoms with Crippen LogP contribution in [0.1, 0.15) is 78.1 Å². The van der Waals surface area contributed by atoms with Gasteiger partial charge in [0.1, 0.15) is 5.78 Å². The van der Waals surface area contributed by atoms with Crippen LogP contribution in [-0.2, 0) is 4.79 Å². The largest absolute Gasteiger partial charge is 0.298 e. The van der Waals surface area contributed by atoms with E-state index in [4.69, 9.17) is 0 Å². The van der Waals surface area contributed by atoms with Gasteiger partial charge in [-0.2, -0.15) is 0 Å². The maximum Gasteiger partial charge on any atom is 0.146 e. The number of likely N-dealkylation sites (tertiary alicyclic amines) is 1. The summed E-state index contributed by atoms with van der Waals surface area (Å²) in [6, 6.07) is 0.870. The maximum atomic E-state index is 11.4. The number of hydrogen-bond acceptors (Lipinski definition) is 2. The molecule has 0 amide bonds. The van der Waals surface area contributed by atoms with Crippen molar-refractivity contribution in [3.63, 3.8) is 0 Å². The molecule has 0 aromatic carbocycles. The van der Waals surface area contributed by atoms with Crippen LogP contribution in [0.5, 0.6) is 0 Å². The smallest absolute Gasteiger partial charge is 0.146 e. The summed E-state index contributed by atoms with van der Waals surface area (Å²) in [6.45, 7) is 4.00. The summed E-state index contributed by atoms with van der Waals surface area (Å²) in [4.78, 5) is 13.8. The first-order chi connectivity index (χ1) is 8.66. The van der Waals surface area contributed by atoms with E-state index in [2.05, 4.69) is 18.9 Å². The number of ketones is 1. The minimum atomic E-state index is 0.208. The molecule has 0 N–H and O–H groups in total. The van der Waals surface area contributed by atoms with Crippen molar-refractivity contribution in [1.82, 2.24) is 4.90 Å². The summed E-state index contributed by atoms with van der Waals surface area (Å²) in [7, 11) is 2.13. The van der Waals surface area contributed by atoms with Gasteiger partial charge in [-0.3, -0.25) is 9.69 Å². The first-order valence-electron chi connectivity index (χ1n) is 7.89. The van der Waals surface area contributed by atoms with E-state index in [0.717, 1.165) is 6.42 Å². The number of unbranched alkanes of at least 4 members (excludes halogenated alkanes) is 6. The van der Waals surface area contributed by atoms with Gasteiger partial charge >= 0.3 is 0 Å². The van der Waals surface area contributed by atoms with Crippen molar-refractivity contribution >= 4 is 5.78 Å². The van der Waals surface area contributed by atoms with Crippen molar-refractivity contribution in [2.45, 2.75) is 90.1 Å². The molecule has 106 valence electrons. The highest BCUT2D eigenvalue weighted by Gasteiger charge is 2.32. The van der Waals surface area contributed by atoms with Gasteiger partial charge in [-0.1, -0.05) is 51.9 Å². The lowest BCUT2D eigenvalue weighted by molar-refractivity contribution is -0.121. The van der Waals surface area contributed by atoms with Crippen LogP contribution >= 0.6 is 0 Å². The van der Waals surface area contributed by atoms with Crippen molar-refractivity contribution in [3.05, 3.63) is 0 Å². The third-order valence-corrected chi connectivity index (χ3v) is 4.45. The second-order valence-corrected chi connectivity index (χ2v) is 5.93. The van der Waals surface area contributed by atoms with Gasteiger partial charge in [-0.15, -0.1) is 0 Å². The molecule has 0 aromatic rings. The Morgan fingerprint density at radius 3 is 2.22 bits per heavy atom. The molecular formula is C16H31NO. The standard InChI is InChI=1S/C16H31NO/c1-4-5-6-7-8-9-10-11-15-12-13-16(14(2)18)17(15)3/h15-16H,4-13H2,1-3H3. The Morgan fingerprint density at radius 2 is 1.67 bits per heavy atom. The summed E-state index contributed by atoms with van der Waals surface area (Å²) in [5.41, 5.74) is 0. The van der Waals surface area contributed by atoms with Crippen LogP contribution < -0.4 is 0 Å². The van der Waals surface area contributed by atoms with Crippen molar-refractivity contribution in [2.75, 3.05) is 7.05 Å². The fraction of sp³-hybridized carbons (Fsp3) is 0.938. The number of carbonyl (C=O) groups excluding carboxylic acids is 1. The first-order valence-corrected chi connectivity index (χ1v) is 7.89. The van der Waals surface area contributed by atoms with Crippen LogP contribution in [0.25, 0.3) is 0 Å². The summed E-state index contributed by atoms with van der Waals surface area (Å²) in [6.07, 6.45) is 13.2. The summed E-state index contributed by atoms with van der Waals surface area (Å²) in [5, 5.41) is 0. The molecule has 0 saturated carbocycles. The number of Topliss-reactive ketones (excluding diaryl/α,β-unsaturated/α-hetero) is 1. The van der Waals surface area contributed by atoms with E-state index in [-0.39, 0.29) is 6.04 Å². The molecule has 1 heterocycles. The minimum Gasteiger partial charge on any atom is -0.298 e. The molecular weight excluding hydrogens is 222 g/mol. The minimum absolute atomic E-state index is 0.208. The van der Waals surface area contributed by atoms with Crippen molar-refractivity contribution in [2.24, 2.45) is 0 Å². The molecule has 0 radical (unpaired) electrons. The fourth-order valence-corrected chi connectivity index (χ4v) is 3.19. The van der Waals surface area contributed by atoms with Gasteiger partial charge in [0, 0.05) is 6.04 Å². The molecule has 2 unspecified atom stereocenters. The van der Waals surface area contributed by atoms with E-state index in [0.29, 0.717) is 11.8 Å². The van der Waals surface area contributed by atoms with Gasteiger partial charge in [0.15, 0.2) is 0 Å². The van der Waals surface area contributed by atoms with Crippen molar-refractivity contribution < 1.29 is 4.79 Å². The average Bonchev–Trinajstić information content (AvgIpc) is 2.70. The lowest BCUT2D eigenvalue weighted by Crippen LogP contribution is -2.36. The normalized spacial score (nSPS) is 24.6. The molecule has 0 aliphatic carbocycles. The van der Waals surface area contributed by atoms with E-state index in [1.165, 1.54) is 57.8 Å². The predicted molar refractivity (Wildman–Crippen MR) is 77.9 cm³/mol. The fourth-order valence-electron chi connectivity index (χ4n) is 3.19. The highest BCUT2D eigenvalue weighted by atomic mass is 16.1. The predicted octanol–water partition coefficient (Wildman–Crippen LogP) is 4.18. The quantitative estimate of drug-likeness (QED) is 0.575. The second-order valence-electron chi connectivity index (χ2n) is 5.93. The van der Waals surface area contributed by atoms with E-state index in [9.17, 15) is 4.79 Å². The number of nitrogens with zero attached hydrogens (tertiary/aromatic N) is 1. The monoisotopic (exact) mass is 253 g/mol. The molecule has 1 fully saturated rings. The highest BCUT2D eigenvalue weighted by Crippen LogP contribution is 2.26. The van der Waals surface area contributed by atoms with Crippen LogP contribution in [0.3, 0.4) is 0 Å². The molecule has 2 heteroatoms. The molecule has 0 spiro atoms. The number of rotatable bonds is 9. The third kappa shape index (κ3) is 5.09. The maximum absolute atomic E-state index is 11.4. The summed E-state index contributed by atoms with van der Waals surface area (Å²) in [5.74, 6) is 0.347. The Hall–Kier alpha value is -0.370. The van der Waals surface area contributed by atoms with Crippen molar-refractivity contribution in [3.8, 4) is 0 Å². The molecule has 1 rings (SSSR count). The Bertz CT molecular complexity index is 239. The van der Waals surface area contributed by atoms with E-state index in [1.54, 1.807) is 6.92 Å². The number of carbonyl (C=O) groups is 1. The zero-order valence-corrected chi connectivity index (χ0v) is 12.6. The van der Waals surface area contributed by atoms with Gasteiger partial charge in [0.2, 0.25) is 0 Å². The first kappa shape index (κ1) is 15.7. The van der Waals surface area contributed by atoms with Crippen molar-refractivity contribution in [1.29, 1.82) is 0 Å². The number of hydrogen-bond donors (Lipinski definition) is 0. The zero-order valence-electron chi connectivity index (χ0n) is 12.6. The lowest BCUT2D eigenvalue weighted by Gasteiger charge is -2.24. The van der Waals surface area contributed by atoms with Gasteiger partial charge in [-0.25, -0.2) is 0 Å². The summed E-state index contributed by atoms with van der Waals surface area (Å²) < 4.78 is 0. The van der Waals surface area contributed by atoms with Crippen LogP contribution in [0.4, 0.5) is 0 Å². The Balaban J connectivity index is 2.04. The molecule has 18 heavy (non-hydrogen) atoms. The average molecular weight is 253 g/mol. The van der Waals surface area contributed by atoms with Crippen LogP contribution in [0.2, 0.25) is 0 Å². The van der Waals surface area contributed by atoms with E-state index >= 15 is 0 Å². The Morgan fingerprint density at radius 1 is 1.06 bits per heavy atom. The Kier molecular flexibility index (Phi) is 7.57. The van der Waals surface area contributed by atoms with Gasteiger partial charge in [0.25, 0.3) is 0 Å². The Labute approximate surface area is 113 Å². The van der Waals surface area contributed by atoms with E-state index in [1.807, 2.05) is 0 Å². The lowest BCUT2D eigenvalue weighted by atomic mass is 10.0. The van der Waals surface area contributed by atoms with Gasteiger partial charge in [0.05, 0.1) is 6.04 Å². The molecule has 2 nitrogen and oxygen atoms in total. The molecule has 2 atom stereocenters. The second kappa shape index (κ2) is 8.68. The van der Waals surface area contributed by atoms with Crippen LogP contribution in [0.15, 0.2) is 0 Å². The molecule has 0 bridgehead atoms. The molecule has 0 aromatic heterocycles. The topological polar surface area (TPSA) is 20.3 Å². The van der Waals surface area contributed by atoms with E-state index < -0.39 is 0 Å². The van der Waals surface area contributed by atoms with Gasteiger partial charge < -0.3 is 0 Å². The summed E-state index contributed by atoms with van der Waals surface area (Å²) >= 11 is 0. The molecule has 1 saturated heterocycles. The molecule has 1 aliphatic heterocycles. The molecule has 1 aliphatic rings. The van der Waals surface area contributed by atoms with Gasteiger partial charge in [-0.05, 0) is 33.2 Å². The highest BCUT2D eigenvalue weighted by molar-refractivity contribution is 5.81. The SMILES string of the molecule is CCCCCCCCCC1CCC(C(C)=O)N1C. The van der Waals surface area contributed by atoms with Crippen LogP contribution in [0, 0.1) is 0 Å². The van der Waals surface area contributed by atoms with Crippen LogP contribution in [-0.4, -0.2) is 29.8 Å².